The Kier molecular flexibility index (Phi) is 5.33. The molecule has 4 heteroatoms. The van der Waals surface area contributed by atoms with Crippen molar-refractivity contribution in [1.29, 1.82) is 0 Å². The minimum atomic E-state index is -0.925. The van der Waals surface area contributed by atoms with Crippen molar-refractivity contribution in [3.05, 3.63) is 22.8 Å². The van der Waals surface area contributed by atoms with Gasteiger partial charge in [0.25, 0.3) is 0 Å². The van der Waals surface area contributed by atoms with Gasteiger partial charge in [-0.3, -0.25) is 4.21 Å². The molecule has 0 N–H and O–H groups in total. The first-order valence-corrected chi connectivity index (χ1v) is 6.85. The molecule has 0 aliphatic rings. The van der Waals surface area contributed by atoms with Crippen molar-refractivity contribution in [3.8, 4) is 0 Å². The highest BCUT2D eigenvalue weighted by atomic mass is 79.9. The number of hydrogen-bond acceptors (Lipinski definition) is 2. The van der Waals surface area contributed by atoms with Crippen LogP contribution in [0.25, 0.3) is 0 Å². The first-order valence-electron chi connectivity index (χ1n) is 4.74. The summed E-state index contributed by atoms with van der Waals surface area (Å²) in [6.07, 6.45) is 5.00. The topological polar surface area (TPSA) is 30.0 Å². The molecule has 0 saturated heterocycles. The van der Waals surface area contributed by atoms with Crippen molar-refractivity contribution in [2.75, 3.05) is 5.75 Å². The molecule has 0 amide bonds. The Morgan fingerprint density at radius 2 is 2.21 bits per heavy atom. The van der Waals surface area contributed by atoms with Gasteiger partial charge >= 0.3 is 0 Å². The second-order valence-electron chi connectivity index (χ2n) is 3.07. The van der Waals surface area contributed by atoms with Crippen LogP contribution in [0.5, 0.6) is 0 Å². The minimum absolute atomic E-state index is 0.685. The zero-order valence-electron chi connectivity index (χ0n) is 8.20. The highest BCUT2D eigenvalue weighted by molar-refractivity contribution is 9.10. The SMILES string of the molecule is CCCCC[S@](=O)c1ccc(Br)cn1. The lowest BCUT2D eigenvalue weighted by atomic mass is 10.3. The maximum absolute atomic E-state index is 11.7. The summed E-state index contributed by atoms with van der Waals surface area (Å²) in [6, 6.07) is 3.69. The summed E-state index contributed by atoms with van der Waals surface area (Å²) in [6.45, 7) is 2.14. The summed E-state index contributed by atoms with van der Waals surface area (Å²) in [5, 5.41) is 0.685. The van der Waals surface area contributed by atoms with Gasteiger partial charge in [-0.1, -0.05) is 19.8 Å². The van der Waals surface area contributed by atoms with E-state index in [2.05, 4.69) is 27.8 Å². The maximum atomic E-state index is 11.7. The van der Waals surface area contributed by atoms with Crippen LogP contribution < -0.4 is 0 Å². The van der Waals surface area contributed by atoms with Gasteiger partial charge in [0.15, 0.2) is 0 Å². The molecule has 0 unspecified atom stereocenters. The third-order valence-electron chi connectivity index (χ3n) is 1.87. The van der Waals surface area contributed by atoms with Crippen LogP contribution in [0, 0.1) is 0 Å². The Labute approximate surface area is 95.7 Å². The summed E-state index contributed by atoms with van der Waals surface area (Å²) in [5.74, 6) is 0.725. The van der Waals surface area contributed by atoms with Crippen molar-refractivity contribution in [2.24, 2.45) is 0 Å². The molecule has 1 rings (SSSR count). The number of unbranched alkanes of at least 4 members (excludes halogenated alkanes) is 2. The fourth-order valence-corrected chi connectivity index (χ4v) is 2.38. The average molecular weight is 276 g/mol. The fourth-order valence-electron chi connectivity index (χ4n) is 1.08. The quantitative estimate of drug-likeness (QED) is 0.773. The average Bonchev–Trinajstić information content (AvgIpc) is 2.19. The molecular weight excluding hydrogens is 262 g/mol. The molecule has 2 nitrogen and oxygen atoms in total. The van der Waals surface area contributed by atoms with Crippen LogP contribution in [0.15, 0.2) is 27.8 Å². The molecule has 0 bridgehead atoms. The van der Waals surface area contributed by atoms with Crippen LogP contribution in [0.2, 0.25) is 0 Å². The van der Waals surface area contributed by atoms with E-state index in [0.717, 1.165) is 29.5 Å². The Hall–Kier alpha value is -0.220. The Morgan fingerprint density at radius 1 is 1.43 bits per heavy atom. The molecule has 1 atom stereocenters. The minimum Gasteiger partial charge on any atom is -0.253 e. The molecule has 14 heavy (non-hydrogen) atoms. The predicted octanol–water partition coefficient (Wildman–Crippen LogP) is 3.14. The molecule has 78 valence electrons. The van der Waals surface area contributed by atoms with Gasteiger partial charge in [-0.2, -0.15) is 0 Å². The lowest BCUT2D eigenvalue weighted by molar-refractivity contribution is 0.673. The van der Waals surface area contributed by atoms with Gasteiger partial charge in [0.05, 0.1) is 10.8 Å². The molecule has 0 radical (unpaired) electrons. The highest BCUT2D eigenvalue weighted by Crippen LogP contribution is 2.11. The Bertz CT molecular complexity index is 299. The Balaban J connectivity index is 2.48. The fraction of sp³-hybridized carbons (Fsp3) is 0.500. The van der Waals surface area contributed by atoms with Crippen LogP contribution in [0.3, 0.4) is 0 Å². The van der Waals surface area contributed by atoms with Crippen LogP contribution in [0.4, 0.5) is 0 Å². The van der Waals surface area contributed by atoms with Gasteiger partial charge in [-0.05, 0) is 34.5 Å². The van der Waals surface area contributed by atoms with Gasteiger partial charge in [-0.25, -0.2) is 4.98 Å². The molecule has 1 aromatic rings. The standard InChI is InChI=1S/C10H14BrNOS/c1-2-3-4-7-14(13)10-6-5-9(11)8-12-10/h5-6,8H,2-4,7H2,1H3/t14-/m0/s1. The van der Waals surface area contributed by atoms with E-state index < -0.39 is 10.8 Å². The van der Waals surface area contributed by atoms with Gasteiger partial charge < -0.3 is 0 Å². The zero-order valence-corrected chi connectivity index (χ0v) is 10.6. The number of rotatable bonds is 5. The molecule has 0 aliphatic carbocycles. The van der Waals surface area contributed by atoms with E-state index in [1.807, 2.05) is 12.1 Å². The van der Waals surface area contributed by atoms with Crippen LogP contribution in [-0.2, 0) is 10.8 Å². The second kappa shape index (κ2) is 6.30. The Morgan fingerprint density at radius 3 is 2.79 bits per heavy atom. The number of aromatic nitrogens is 1. The zero-order chi connectivity index (χ0) is 10.4. The van der Waals surface area contributed by atoms with E-state index in [1.54, 1.807) is 6.20 Å². The van der Waals surface area contributed by atoms with Gasteiger partial charge in [0.1, 0.15) is 5.03 Å². The van der Waals surface area contributed by atoms with E-state index in [4.69, 9.17) is 0 Å². The first-order chi connectivity index (χ1) is 6.74. The molecular formula is C10H14BrNOS. The number of pyridine rings is 1. The van der Waals surface area contributed by atoms with Crippen LogP contribution in [0.1, 0.15) is 26.2 Å². The molecule has 0 fully saturated rings. The van der Waals surface area contributed by atoms with E-state index in [0.29, 0.717) is 5.03 Å². The monoisotopic (exact) mass is 275 g/mol. The summed E-state index contributed by atoms with van der Waals surface area (Å²) < 4.78 is 12.6. The van der Waals surface area contributed by atoms with E-state index in [1.165, 1.54) is 0 Å². The number of halogens is 1. The third-order valence-corrected chi connectivity index (χ3v) is 3.70. The molecule has 0 saturated carbocycles. The molecule has 0 aliphatic heterocycles. The molecule has 0 aromatic carbocycles. The molecule has 0 spiro atoms. The smallest absolute Gasteiger partial charge is 0.127 e. The van der Waals surface area contributed by atoms with Crippen molar-refractivity contribution in [3.63, 3.8) is 0 Å². The van der Waals surface area contributed by atoms with Gasteiger partial charge in [0, 0.05) is 16.4 Å². The number of nitrogens with zero attached hydrogens (tertiary/aromatic N) is 1. The van der Waals surface area contributed by atoms with Crippen molar-refractivity contribution in [2.45, 2.75) is 31.2 Å². The highest BCUT2D eigenvalue weighted by Gasteiger charge is 2.03. The lowest BCUT2D eigenvalue weighted by Gasteiger charge is -2.00. The second-order valence-corrected chi connectivity index (χ2v) is 5.50. The van der Waals surface area contributed by atoms with Crippen molar-refractivity contribution in [1.82, 2.24) is 4.98 Å². The summed E-state index contributed by atoms with van der Waals surface area (Å²) in [5.41, 5.74) is 0. The predicted molar refractivity (Wildman–Crippen MR) is 62.7 cm³/mol. The largest absolute Gasteiger partial charge is 0.253 e. The van der Waals surface area contributed by atoms with E-state index in [9.17, 15) is 4.21 Å². The maximum Gasteiger partial charge on any atom is 0.127 e. The normalized spacial score (nSPS) is 12.7. The van der Waals surface area contributed by atoms with Crippen LogP contribution >= 0.6 is 15.9 Å². The van der Waals surface area contributed by atoms with Gasteiger partial charge in [-0.15, -0.1) is 0 Å². The van der Waals surface area contributed by atoms with Gasteiger partial charge in [0.2, 0.25) is 0 Å². The van der Waals surface area contributed by atoms with Crippen molar-refractivity contribution >= 4 is 26.7 Å². The summed E-state index contributed by atoms with van der Waals surface area (Å²) in [7, 11) is -0.925. The molecule has 1 aromatic heterocycles. The van der Waals surface area contributed by atoms with Crippen molar-refractivity contribution < 1.29 is 4.21 Å². The summed E-state index contributed by atoms with van der Waals surface area (Å²) >= 11 is 3.30. The molecule has 1 heterocycles. The third kappa shape index (κ3) is 3.88. The lowest BCUT2D eigenvalue weighted by Crippen LogP contribution is -2.00. The number of hydrogen-bond donors (Lipinski definition) is 0. The van der Waals surface area contributed by atoms with E-state index in [-0.39, 0.29) is 0 Å². The van der Waals surface area contributed by atoms with E-state index >= 15 is 0 Å². The summed E-state index contributed by atoms with van der Waals surface area (Å²) in [4.78, 5) is 4.11. The van der Waals surface area contributed by atoms with Crippen LogP contribution in [-0.4, -0.2) is 14.9 Å². The first kappa shape index (κ1) is 11.9.